The molecule has 3 nitrogen and oxygen atoms in total. The van der Waals surface area contributed by atoms with E-state index < -0.39 is 0 Å². The molecule has 0 aliphatic heterocycles. The summed E-state index contributed by atoms with van der Waals surface area (Å²) in [4.78, 5) is 0. The zero-order valence-corrected chi connectivity index (χ0v) is 10.4. The highest BCUT2D eigenvalue weighted by atomic mass is 16.5. The molecule has 0 amide bonds. The van der Waals surface area contributed by atoms with Crippen molar-refractivity contribution in [3.8, 4) is 5.75 Å². The molecule has 1 rings (SSSR count). The third-order valence-corrected chi connectivity index (χ3v) is 2.49. The van der Waals surface area contributed by atoms with Gasteiger partial charge in [0.25, 0.3) is 0 Å². The number of nitrogens with one attached hydrogen (secondary N) is 2. The molecule has 0 fully saturated rings. The van der Waals surface area contributed by atoms with Crippen molar-refractivity contribution in [2.45, 2.75) is 26.4 Å². The van der Waals surface area contributed by atoms with Crippen LogP contribution < -0.4 is 15.4 Å². The predicted octanol–water partition coefficient (Wildman–Crippen LogP) is 1.78. The molecule has 90 valence electrons. The number of benzene rings is 1. The van der Waals surface area contributed by atoms with Crippen LogP contribution in [0.15, 0.2) is 24.3 Å². The number of methoxy groups -OCH3 is 1. The maximum atomic E-state index is 5.19. The van der Waals surface area contributed by atoms with Gasteiger partial charge in [-0.3, -0.25) is 0 Å². The highest BCUT2D eigenvalue weighted by molar-refractivity contribution is 5.28. The zero-order chi connectivity index (χ0) is 11.8. The molecule has 2 N–H and O–H groups in total. The SMILES string of the molecule is CCNCC(C)NCc1cccc(OC)c1. The van der Waals surface area contributed by atoms with Crippen LogP contribution in [0.3, 0.4) is 0 Å². The van der Waals surface area contributed by atoms with Gasteiger partial charge in [0.05, 0.1) is 7.11 Å². The Labute approximate surface area is 98.2 Å². The van der Waals surface area contributed by atoms with Gasteiger partial charge >= 0.3 is 0 Å². The lowest BCUT2D eigenvalue weighted by molar-refractivity contribution is 0.413. The Morgan fingerprint density at radius 1 is 1.38 bits per heavy atom. The van der Waals surface area contributed by atoms with Crippen molar-refractivity contribution in [2.75, 3.05) is 20.2 Å². The lowest BCUT2D eigenvalue weighted by atomic mass is 10.2. The van der Waals surface area contributed by atoms with Crippen LogP contribution in [-0.2, 0) is 6.54 Å². The Kier molecular flexibility index (Phi) is 5.90. The minimum Gasteiger partial charge on any atom is -0.497 e. The summed E-state index contributed by atoms with van der Waals surface area (Å²) < 4.78 is 5.19. The van der Waals surface area contributed by atoms with E-state index in [0.29, 0.717) is 6.04 Å². The largest absolute Gasteiger partial charge is 0.497 e. The summed E-state index contributed by atoms with van der Waals surface area (Å²) in [6.07, 6.45) is 0. The van der Waals surface area contributed by atoms with Crippen LogP contribution in [0.1, 0.15) is 19.4 Å². The quantitative estimate of drug-likeness (QED) is 0.738. The Bertz CT molecular complexity index is 302. The highest BCUT2D eigenvalue weighted by Crippen LogP contribution is 2.12. The molecule has 0 radical (unpaired) electrons. The fourth-order valence-electron chi connectivity index (χ4n) is 1.51. The zero-order valence-electron chi connectivity index (χ0n) is 10.4. The number of rotatable bonds is 7. The fourth-order valence-corrected chi connectivity index (χ4v) is 1.51. The second-order valence-electron chi connectivity index (χ2n) is 3.94. The van der Waals surface area contributed by atoms with E-state index in [0.717, 1.165) is 25.4 Å². The van der Waals surface area contributed by atoms with E-state index >= 15 is 0 Å². The first-order chi connectivity index (χ1) is 7.76. The van der Waals surface area contributed by atoms with Crippen molar-refractivity contribution in [2.24, 2.45) is 0 Å². The topological polar surface area (TPSA) is 33.3 Å². The fraction of sp³-hybridized carbons (Fsp3) is 0.538. The van der Waals surface area contributed by atoms with Crippen molar-refractivity contribution in [3.63, 3.8) is 0 Å². The van der Waals surface area contributed by atoms with E-state index in [4.69, 9.17) is 4.74 Å². The van der Waals surface area contributed by atoms with Gasteiger partial charge in [-0.1, -0.05) is 19.1 Å². The van der Waals surface area contributed by atoms with E-state index in [9.17, 15) is 0 Å². The summed E-state index contributed by atoms with van der Waals surface area (Å²) in [5.41, 5.74) is 1.25. The van der Waals surface area contributed by atoms with E-state index in [2.05, 4.69) is 36.6 Å². The Morgan fingerprint density at radius 3 is 2.88 bits per heavy atom. The van der Waals surface area contributed by atoms with Gasteiger partial charge in [-0.25, -0.2) is 0 Å². The highest BCUT2D eigenvalue weighted by Gasteiger charge is 2.01. The number of hydrogen-bond acceptors (Lipinski definition) is 3. The Balaban J connectivity index is 2.35. The average Bonchev–Trinajstić information content (AvgIpc) is 2.34. The van der Waals surface area contributed by atoms with E-state index in [1.165, 1.54) is 5.56 Å². The standard InChI is InChI=1S/C13H22N2O/c1-4-14-9-11(2)15-10-12-6-5-7-13(8-12)16-3/h5-8,11,14-15H,4,9-10H2,1-3H3. The third kappa shape index (κ3) is 4.64. The molecule has 3 heteroatoms. The minimum atomic E-state index is 0.478. The number of ether oxygens (including phenoxy) is 1. The average molecular weight is 222 g/mol. The summed E-state index contributed by atoms with van der Waals surface area (Å²) in [5, 5.41) is 6.79. The van der Waals surface area contributed by atoms with Gasteiger partial charge in [-0.15, -0.1) is 0 Å². The van der Waals surface area contributed by atoms with Crippen LogP contribution in [-0.4, -0.2) is 26.2 Å². The molecule has 0 aromatic heterocycles. The molecule has 1 aromatic rings. The van der Waals surface area contributed by atoms with Crippen LogP contribution in [0.4, 0.5) is 0 Å². The minimum absolute atomic E-state index is 0.478. The van der Waals surface area contributed by atoms with Crippen molar-refractivity contribution in [1.29, 1.82) is 0 Å². The molecule has 0 aliphatic carbocycles. The molecule has 1 atom stereocenters. The maximum absolute atomic E-state index is 5.19. The monoisotopic (exact) mass is 222 g/mol. The number of likely N-dealkylation sites (N-methyl/N-ethyl adjacent to an activating group) is 1. The van der Waals surface area contributed by atoms with Crippen LogP contribution >= 0.6 is 0 Å². The molecule has 0 spiro atoms. The van der Waals surface area contributed by atoms with Gasteiger partial charge in [0.15, 0.2) is 0 Å². The van der Waals surface area contributed by atoms with Gasteiger partial charge in [0, 0.05) is 19.1 Å². The van der Waals surface area contributed by atoms with Gasteiger partial charge in [-0.2, -0.15) is 0 Å². The van der Waals surface area contributed by atoms with Crippen LogP contribution in [0.5, 0.6) is 5.75 Å². The molecule has 0 aliphatic rings. The van der Waals surface area contributed by atoms with Crippen molar-refractivity contribution >= 4 is 0 Å². The maximum Gasteiger partial charge on any atom is 0.119 e. The van der Waals surface area contributed by atoms with Gasteiger partial charge < -0.3 is 15.4 Å². The predicted molar refractivity (Wildman–Crippen MR) is 67.8 cm³/mol. The third-order valence-electron chi connectivity index (χ3n) is 2.49. The van der Waals surface area contributed by atoms with Gasteiger partial charge in [0.1, 0.15) is 5.75 Å². The van der Waals surface area contributed by atoms with Crippen LogP contribution in [0, 0.1) is 0 Å². The second kappa shape index (κ2) is 7.25. The van der Waals surface area contributed by atoms with E-state index in [1.54, 1.807) is 7.11 Å². The Hall–Kier alpha value is -1.06. The van der Waals surface area contributed by atoms with Crippen LogP contribution in [0.2, 0.25) is 0 Å². The summed E-state index contributed by atoms with van der Waals surface area (Å²) in [6, 6.07) is 8.63. The molecule has 16 heavy (non-hydrogen) atoms. The summed E-state index contributed by atoms with van der Waals surface area (Å²) in [7, 11) is 1.69. The number of hydrogen-bond donors (Lipinski definition) is 2. The summed E-state index contributed by atoms with van der Waals surface area (Å²) in [6.45, 7) is 7.20. The summed E-state index contributed by atoms with van der Waals surface area (Å²) in [5.74, 6) is 0.915. The first kappa shape index (κ1) is 13.0. The lowest BCUT2D eigenvalue weighted by Gasteiger charge is -2.14. The van der Waals surface area contributed by atoms with Crippen molar-refractivity contribution < 1.29 is 4.74 Å². The van der Waals surface area contributed by atoms with Crippen molar-refractivity contribution in [1.82, 2.24) is 10.6 Å². The van der Waals surface area contributed by atoms with Gasteiger partial charge in [0.2, 0.25) is 0 Å². The van der Waals surface area contributed by atoms with Gasteiger partial charge in [-0.05, 0) is 31.2 Å². The van der Waals surface area contributed by atoms with E-state index in [-0.39, 0.29) is 0 Å². The molecule has 0 heterocycles. The molecule has 0 bridgehead atoms. The molecule has 1 unspecified atom stereocenters. The molecular formula is C13H22N2O. The molecule has 0 saturated heterocycles. The van der Waals surface area contributed by atoms with Crippen LogP contribution in [0.25, 0.3) is 0 Å². The second-order valence-corrected chi connectivity index (χ2v) is 3.94. The molecular weight excluding hydrogens is 200 g/mol. The van der Waals surface area contributed by atoms with E-state index in [1.807, 2.05) is 12.1 Å². The first-order valence-corrected chi connectivity index (χ1v) is 5.83. The smallest absolute Gasteiger partial charge is 0.119 e. The normalized spacial score (nSPS) is 12.4. The first-order valence-electron chi connectivity index (χ1n) is 5.83. The van der Waals surface area contributed by atoms with Crippen molar-refractivity contribution in [3.05, 3.63) is 29.8 Å². The molecule has 0 saturated carbocycles. The Morgan fingerprint density at radius 2 is 2.19 bits per heavy atom. The lowest BCUT2D eigenvalue weighted by Crippen LogP contribution is -2.35. The molecule has 1 aromatic carbocycles. The summed E-state index contributed by atoms with van der Waals surface area (Å²) >= 11 is 0.